The SMILES string of the molecule is C=CCN(CCO)C(=O)NC1CCN(Cc2ccccc2)CC1C. The Bertz CT molecular complexity index is 521. The average Bonchev–Trinajstić information content (AvgIpc) is 2.58. The minimum atomic E-state index is -0.114. The average molecular weight is 331 g/mol. The standard InChI is InChI=1S/C19H29N3O2/c1-3-10-22(12-13-23)19(24)20-18-9-11-21(14-16(18)2)15-17-7-5-4-6-8-17/h3-8,16,18,23H,1,9-15H2,2H3,(H,20,24). The molecule has 0 aliphatic carbocycles. The molecule has 2 rings (SSSR count). The highest BCUT2D eigenvalue weighted by atomic mass is 16.3. The summed E-state index contributed by atoms with van der Waals surface area (Å²) in [6.45, 7) is 9.51. The van der Waals surface area contributed by atoms with Gasteiger partial charge in [-0.2, -0.15) is 0 Å². The van der Waals surface area contributed by atoms with E-state index in [1.54, 1.807) is 11.0 Å². The number of aliphatic hydroxyl groups excluding tert-OH is 1. The molecular weight excluding hydrogens is 302 g/mol. The maximum absolute atomic E-state index is 12.4. The molecule has 2 N–H and O–H groups in total. The quantitative estimate of drug-likeness (QED) is 0.752. The number of nitrogens with one attached hydrogen (secondary N) is 1. The first-order valence-electron chi connectivity index (χ1n) is 8.67. The Hall–Kier alpha value is -1.85. The lowest BCUT2D eigenvalue weighted by Crippen LogP contribution is -2.53. The van der Waals surface area contributed by atoms with E-state index in [0.717, 1.165) is 26.1 Å². The fourth-order valence-corrected chi connectivity index (χ4v) is 3.23. The van der Waals surface area contributed by atoms with Gasteiger partial charge in [-0.05, 0) is 17.9 Å². The Morgan fingerprint density at radius 3 is 2.83 bits per heavy atom. The summed E-state index contributed by atoms with van der Waals surface area (Å²) in [5.74, 6) is 0.395. The Morgan fingerprint density at radius 2 is 2.21 bits per heavy atom. The second-order valence-corrected chi connectivity index (χ2v) is 6.50. The van der Waals surface area contributed by atoms with Gasteiger partial charge in [-0.3, -0.25) is 4.90 Å². The molecule has 1 aromatic carbocycles. The van der Waals surface area contributed by atoms with Crippen molar-refractivity contribution in [2.75, 3.05) is 32.8 Å². The van der Waals surface area contributed by atoms with E-state index in [-0.39, 0.29) is 18.7 Å². The fraction of sp³-hybridized carbons (Fsp3) is 0.526. The van der Waals surface area contributed by atoms with Crippen molar-refractivity contribution >= 4 is 6.03 Å². The maximum atomic E-state index is 12.4. The van der Waals surface area contributed by atoms with Crippen LogP contribution in [0.5, 0.6) is 0 Å². The monoisotopic (exact) mass is 331 g/mol. The Kier molecular flexibility index (Phi) is 7.28. The van der Waals surface area contributed by atoms with Crippen molar-refractivity contribution in [3.63, 3.8) is 0 Å². The van der Waals surface area contributed by atoms with Crippen LogP contribution in [0.3, 0.4) is 0 Å². The molecular formula is C19H29N3O2. The van der Waals surface area contributed by atoms with E-state index in [1.165, 1.54) is 5.56 Å². The topological polar surface area (TPSA) is 55.8 Å². The summed E-state index contributed by atoms with van der Waals surface area (Å²) in [4.78, 5) is 16.4. The number of likely N-dealkylation sites (tertiary alicyclic amines) is 1. The third-order valence-electron chi connectivity index (χ3n) is 4.55. The van der Waals surface area contributed by atoms with Crippen LogP contribution in [0, 0.1) is 5.92 Å². The number of piperidine rings is 1. The van der Waals surface area contributed by atoms with E-state index >= 15 is 0 Å². The molecule has 1 aliphatic rings. The van der Waals surface area contributed by atoms with Crippen LogP contribution in [0.2, 0.25) is 0 Å². The molecule has 0 spiro atoms. The van der Waals surface area contributed by atoms with E-state index in [0.29, 0.717) is 19.0 Å². The van der Waals surface area contributed by atoms with Crippen molar-refractivity contribution in [3.8, 4) is 0 Å². The minimum Gasteiger partial charge on any atom is -0.395 e. The summed E-state index contributed by atoms with van der Waals surface area (Å²) in [5, 5.41) is 12.2. The molecule has 0 bridgehead atoms. The molecule has 24 heavy (non-hydrogen) atoms. The fourth-order valence-electron chi connectivity index (χ4n) is 3.23. The van der Waals surface area contributed by atoms with Gasteiger partial charge in [0.2, 0.25) is 0 Å². The van der Waals surface area contributed by atoms with Crippen LogP contribution in [0.15, 0.2) is 43.0 Å². The lowest BCUT2D eigenvalue weighted by molar-refractivity contribution is 0.132. The molecule has 5 heteroatoms. The van der Waals surface area contributed by atoms with Crippen molar-refractivity contribution in [1.82, 2.24) is 15.1 Å². The number of amides is 2. The Morgan fingerprint density at radius 1 is 1.46 bits per heavy atom. The maximum Gasteiger partial charge on any atom is 0.317 e. The smallest absolute Gasteiger partial charge is 0.317 e. The Labute approximate surface area is 145 Å². The Balaban J connectivity index is 1.84. The van der Waals surface area contributed by atoms with E-state index in [2.05, 4.69) is 48.0 Å². The van der Waals surface area contributed by atoms with E-state index in [9.17, 15) is 4.79 Å². The highest BCUT2D eigenvalue weighted by Crippen LogP contribution is 2.19. The van der Waals surface area contributed by atoms with Crippen molar-refractivity contribution in [2.45, 2.75) is 25.9 Å². The van der Waals surface area contributed by atoms with Crippen LogP contribution in [-0.4, -0.2) is 59.8 Å². The van der Waals surface area contributed by atoms with Crippen molar-refractivity contribution in [3.05, 3.63) is 48.6 Å². The van der Waals surface area contributed by atoms with Gasteiger partial charge >= 0.3 is 6.03 Å². The van der Waals surface area contributed by atoms with E-state index in [4.69, 9.17) is 5.11 Å². The summed E-state index contributed by atoms with van der Waals surface area (Å²) >= 11 is 0. The second kappa shape index (κ2) is 9.45. The normalized spacial score (nSPS) is 21.2. The van der Waals surface area contributed by atoms with Gasteiger partial charge in [0.15, 0.2) is 0 Å². The first-order valence-corrected chi connectivity index (χ1v) is 8.67. The summed E-state index contributed by atoms with van der Waals surface area (Å²) < 4.78 is 0. The number of nitrogens with zero attached hydrogens (tertiary/aromatic N) is 2. The first-order chi connectivity index (χ1) is 11.6. The van der Waals surface area contributed by atoms with Gasteiger partial charge in [0, 0.05) is 38.8 Å². The van der Waals surface area contributed by atoms with Gasteiger partial charge in [-0.15, -0.1) is 6.58 Å². The zero-order valence-corrected chi connectivity index (χ0v) is 14.5. The number of hydrogen-bond donors (Lipinski definition) is 2. The molecule has 1 saturated heterocycles. The first kappa shape index (κ1) is 18.5. The van der Waals surface area contributed by atoms with Gasteiger partial charge in [-0.1, -0.05) is 43.3 Å². The van der Waals surface area contributed by atoms with Crippen LogP contribution in [-0.2, 0) is 6.54 Å². The van der Waals surface area contributed by atoms with Gasteiger partial charge in [0.1, 0.15) is 0 Å². The number of hydrogen-bond acceptors (Lipinski definition) is 3. The van der Waals surface area contributed by atoms with Crippen LogP contribution >= 0.6 is 0 Å². The van der Waals surface area contributed by atoms with E-state index in [1.807, 2.05) is 6.07 Å². The van der Waals surface area contributed by atoms with Crippen molar-refractivity contribution in [1.29, 1.82) is 0 Å². The van der Waals surface area contributed by atoms with E-state index < -0.39 is 0 Å². The summed E-state index contributed by atoms with van der Waals surface area (Å²) in [5.41, 5.74) is 1.33. The molecule has 1 aromatic rings. The number of rotatable bonds is 7. The van der Waals surface area contributed by atoms with Crippen LogP contribution < -0.4 is 5.32 Å². The predicted molar refractivity (Wildman–Crippen MR) is 96.7 cm³/mol. The van der Waals surface area contributed by atoms with Gasteiger partial charge in [-0.25, -0.2) is 4.79 Å². The molecule has 2 unspecified atom stereocenters. The molecule has 132 valence electrons. The summed E-state index contributed by atoms with van der Waals surface area (Å²) in [6, 6.07) is 10.5. The molecule has 5 nitrogen and oxygen atoms in total. The van der Waals surface area contributed by atoms with Crippen molar-refractivity contribution < 1.29 is 9.90 Å². The zero-order valence-electron chi connectivity index (χ0n) is 14.5. The van der Waals surface area contributed by atoms with Crippen LogP contribution in [0.25, 0.3) is 0 Å². The largest absolute Gasteiger partial charge is 0.395 e. The molecule has 0 radical (unpaired) electrons. The second-order valence-electron chi connectivity index (χ2n) is 6.50. The molecule has 2 amide bonds. The molecule has 1 aliphatic heterocycles. The molecule has 1 heterocycles. The highest BCUT2D eigenvalue weighted by Gasteiger charge is 2.28. The number of urea groups is 1. The third-order valence-corrected chi connectivity index (χ3v) is 4.55. The molecule has 2 atom stereocenters. The van der Waals surface area contributed by atoms with Gasteiger partial charge in [0.25, 0.3) is 0 Å². The zero-order chi connectivity index (χ0) is 17.4. The third kappa shape index (κ3) is 5.35. The van der Waals surface area contributed by atoms with Gasteiger partial charge < -0.3 is 15.3 Å². The molecule has 0 saturated carbocycles. The van der Waals surface area contributed by atoms with Gasteiger partial charge in [0.05, 0.1) is 6.61 Å². The summed E-state index contributed by atoms with van der Waals surface area (Å²) in [6.07, 6.45) is 2.63. The van der Waals surface area contributed by atoms with Crippen molar-refractivity contribution in [2.24, 2.45) is 5.92 Å². The predicted octanol–water partition coefficient (Wildman–Crippen LogP) is 2.09. The highest BCUT2D eigenvalue weighted by molar-refractivity contribution is 5.74. The number of benzene rings is 1. The lowest BCUT2D eigenvalue weighted by Gasteiger charge is -2.38. The molecule has 1 fully saturated rings. The number of aliphatic hydroxyl groups is 1. The van der Waals surface area contributed by atoms with Crippen LogP contribution in [0.1, 0.15) is 18.9 Å². The summed E-state index contributed by atoms with van der Waals surface area (Å²) in [7, 11) is 0. The minimum absolute atomic E-state index is 0.0354. The van der Waals surface area contributed by atoms with Crippen LogP contribution in [0.4, 0.5) is 4.79 Å². The molecule has 0 aromatic heterocycles. The number of carbonyl (C=O) groups is 1. The number of carbonyl (C=O) groups excluding carboxylic acids is 1. The lowest BCUT2D eigenvalue weighted by atomic mass is 9.93.